The van der Waals surface area contributed by atoms with Crippen LogP contribution in [-0.4, -0.2) is 49.8 Å². The minimum atomic E-state index is -3.61. The largest absolute Gasteiger partial charge is 0.289 e. The van der Waals surface area contributed by atoms with Crippen molar-refractivity contribution in [2.45, 2.75) is 50.3 Å². The summed E-state index contributed by atoms with van der Waals surface area (Å²) in [6.07, 6.45) is 5.87. The van der Waals surface area contributed by atoms with Gasteiger partial charge in [0.1, 0.15) is 0 Å². The van der Waals surface area contributed by atoms with E-state index in [0.717, 1.165) is 37.8 Å². The topological polar surface area (TPSA) is 69.7 Å². The van der Waals surface area contributed by atoms with Gasteiger partial charge in [-0.3, -0.25) is 10.2 Å². The van der Waals surface area contributed by atoms with Crippen LogP contribution < -0.4 is 5.43 Å². The van der Waals surface area contributed by atoms with Crippen molar-refractivity contribution in [2.24, 2.45) is 17.8 Å². The second-order valence-corrected chi connectivity index (χ2v) is 11.1. The van der Waals surface area contributed by atoms with Gasteiger partial charge < -0.3 is 0 Å². The number of benzene rings is 1. The number of halogens is 1. The molecule has 2 heterocycles. The van der Waals surface area contributed by atoms with Gasteiger partial charge in [0.05, 0.1) is 4.90 Å². The quantitative estimate of drug-likeness (QED) is 0.764. The minimum absolute atomic E-state index is 0.00755. The summed E-state index contributed by atoms with van der Waals surface area (Å²) in [4.78, 5) is 12.8. The van der Waals surface area contributed by atoms with Crippen molar-refractivity contribution in [3.05, 3.63) is 28.8 Å². The van der Waals surface area contributed by atoms with Gasteiger partial charge in [-0.1, -0.05) is 24.1 Å². The van der Waals surface area contributed by atoms with Gasteiger partial charge >= 0.3 is 0 Å². The van der Waals surface area contributed by atoms with E-state index in [-0.39, 0.29) is 16.7 Å². The molecule has 1 amide bonds. The second kappa shape index (κ2) is 8.53. The van der Waals surface area contributed by atoms with Crippen molar-refractivity contribution in [2.75, 3.05) is 26.2 Å². The number of nitrogens with one attached hydrogen (secondary N) is 1. The zero-order valence-corrected chi connectivity index (χ0v) is 18.5. The number of fused-ring (bicyclic) bond motifs is 1. The Labute approximate surface area is 178 Å². The third kappa shape index (κ3) is 4.48. The van der Waals surface area contributed by atoms with E-state index in [9.17, 15) is 13.2 Å². The normalized spacial score (nSPS) is 28.4. The molecule has 8 heteroatoms. The fraction of sp³-hybridized carbons (Fsp3) is 0.667. The van der Waals surface area contributed by atoms with Crippen molar-refractivity contribution in [1.82, 2.24) is 14.7 Å². The number of nitrogens with zero attached hydrogens (tertiary/aromatic N) is 2. The number of carbonyl (C=O) groups is 1. The lowest BCUT2D eigenvalue weighted by molar-refractivity contribution is -0.126. The molecule has 3 fully saturated rings. The summed E-state index contributed by atoms with van der Waals surface area (Å²) < 4.78 is 27.8. The fourth-order valence-electron chi connectivity index (χ4n) is 5.23. The highest BCUT2D eigenvalue weighted by Gasteiger charge is 2.37. The van der Waals surface area contributed by atoms with E-state index in [4.69, 9.17) is 11.6 Å². The van der Waals surface area contributed by atoms with E-state index in [1.807, 2.05) is 0 Å². The number of rotatable bonds is 5. The fourth-order valence-corrected chi connectivity index (χ4v) is 7.26. The number of piperidine rings is 1. The zero-order chi connectivity index (χ0) is 20.6. The molecule has 29 heavy (non-hydrogen) atoms. The molecular weight excluding hydrogens is 410 g/mol. The lowest BCUT2D eigenvalue weighted by atomic mass is 9.96. The summed E-state index contributed by atoms with van der Waals surface area (Å²) in [5, 5.41) is 2.53. The molecule has 0 aromatic heterocycles. The highest BCUT2D eigenvalue weighted by Crippen LogP contribution is 2.37. The molecule has 1 saturated carbocycles. The highest BCUT2D eigenvalue weighted by atomic mass is 35.5. The van der Waals surface area contributed by atoms with Gasteiger partial charge in [0, 0.05) is 37.6 Å². The van der Waals surface area contributed by atoms with Crippen LogP contribution in [0.15, 0.2) is 23.1 Å². The van der Waals surface area contributed by atoms with E-state index in [1.165, 1.54) is 23.6 Å². The van der Waals surface area contributed by atoms with Crippen molar-refractivity contribution in [3.63, 3.8) is 0 Å². The molecule has 1 N–H and O–H groups in total. The van der Waals surface area contributed by atoms with E-state index in [2.05, 4.69) is 10.4 Å². The molecule has 3 aliphatic rings. The Balaban J connectivity index is 1.35. The lowest BCUT2D eigenvalue weighted by Crippen LogP contribution is -2.44. The van der Waals surface area contributed by atoms with Crippen molar-refractivity contribution in [3.8, 4) is 0 Å². The van der Waals surface area contributed by atoms with Gasteiger partial charge in [0.25, 0.3) is 0 Å². The average Bonchev–Trinajstić information content (AvgIpc) is 3.25. The maximum absolute atomic E-state index is 13.1. The van der Waals surface area contributed by atoms with Crippen LogP contribution in [0, 0.1) is 24.7 Å². The number of amides is 1. The molecule has 3 unspecified atom stereocenters. The molecule has 2 aliphatic heterocycles. The average molecular weight is 440 g/mol. The molecule has 0 bridgehead atoms. The summed E-state index contributed by atoms with van der Waals surface area (Å²) in [6.45, 7) is 4.51. The van der Waals surface area contributed by atoms with E-state index in [0.29, 0.717) is 30.1 Å². The van der Waals surface area contributed by atoms with Gasteiger partial charge in [0.15, 0.2) is 0 Å². The maximum Gasteiger partial charge on any atom is 0.243 e. The minimum Gasteiger partial charge on any atom is -0.289 e. The smallest absolute Gasteiger partial charge is 0.243 e. The third-order valence-corrected chi connectivity index (χ3v) is 9.22. The van der Waals surface area contributed by atoms with Crippen LogP contribution in [-0.2, 0) is 14.8 Å². The molecule has 3 atom stereocenters. The van der Waals surface area contributed by atoms with Gasteiger partial charge in [-0.15, -0.1) is 0 Å². The Morgan fingerprint density at radius 1 is 1.14 bits per heavy atom. The van der Waals surface area contributed by atoms with Crippen molar-refractivity contribution >= 4 is 27.5 Å². The number of hydrazine groups is 1. The van der Waals surface area contributed by atoms with Gasteiger partial charge in [-0.05, 0) is 68.1 Å². The van der Waals surface area contributed by atoms with Crippen LogP contribution in [0.4, 0.5) is 0 Å². The first-order valence-electron chi connectivity index (χ1n) is 10.6. The first kappa shape index (κ1) is 21.1. The van der Waals surface area contributed by atoms with Crippen LogP contribution >= 0.6 is 11.6 Å². The standard InChI is InChI=1S/C21H30ClN3O3S/c1-15-19(22)8-3-9-20(15)29(27,28)25-10-4-5-16(12-25)11-21(26)23-24-13-17-6-2-7-18(17)14-24/h3,8-9,16-18H,2,4-7,10-14H2,1H3,(H,23,26). The van der Waals surface area contributed by atoms with Crippen LogP contribution in [0.2, 0.25) is 5.02 Å². The lowest BCUT2D eigenvalue weighted by Gasteiger charge is -2.32. The molecule has 6 nitrogen and oxygen atoms in total. The Morgan fingerprint density at radius 2 is 1.86 bits per heavy atom. The van der Waals surface area contributed by atoms with E-state index < -0.39 is 10.0 Å². The molecule has 4 rings (SSSR count). The molecule has 2 saturated heterocycles. The predicted octanol–water partition coefficient (Wildman–Crippen LogP) is 3.20. The van der Waals surface area contributed by atoms with Crippen LogP contribution in [0.5, 0.6) is 0 Å². The monoisotopic (exact) mass is 439 g/mol. The first-order chi connectivity index (χ1) is 13.8. The molecule has 1 aliphatic carbocycles. The summed E-state index contributed by atoms with van der Waals surface area (Å²) in [5.74, 6) is 1.51. The Kier molecular flexibility index (Phi) is 6.21. The SMILES string of the molecule is Cc1c(Cl)cccc1S(=O)(=O)N1CCCC(CC(=O)NN2CC3CCCC3C2)C1. The number of hydrogen-bond donors (Lipinski definition) is 1. The predicted molar refractivity (Wildman–Crippen MR) is 113 cm³/mol. The van der Waals surface area contributed by atoms with Crippen molar-refractivity contribution < 1.29 is 13.2 Å². The van der Waals surface area contributed by atoms with Crippen molar-refractivity contribution in [1.29, 1.82) is 0 Å². The molecule has 1 aromatic carbocycles. The van der Waals surface area contributed by atoms with Crippen LogP contribution in [0.3, 0.4) is 0 Å². The molecular formula is C21H30ClN3O3S. The second-order valence-electron chi connectivity index (χ2n) is 8.83. The molecule has 1 aromatic rings. The Bertz CT molecular complexity index is 864. The van der Waals surface area contributed by atoms with Gasteiger partial charge in [0.2, 0.25) is 15.9 Å². The molecule has 0 radical (unpaired) electrons. The zero-order valence-electron chi connectivity index (χ0n) is 16.9. The van der Waals surface area contributed by atoms with Gasteiger partial charge in [-0.25, -0.2) is 13.4 Å². The van der Waals surface area contributed by atoms with E-state index >= 15 is 0 Å². The summed E-state index contributed by atoms with van der Waals surface area (Å²) in [5.41, 5.74) is 3.64. The molecule has 160 valence electrons. The third-order valence-electron chi connectivity index (χ3n) is 6.80. The highest BCUT2D eigenvalue weighted by molar-refractivity contribution is 7.89. The first-order valence-corrected chi connectivity index (χ1v) is 12.5. The number of carbonyl (C=O) groups excluding carboxylic acids is 1. The maximum atomic E-state index is 13.1. The summed E-state index contributed by atoms with van der Waals surface area (Å²) in [6, 6.07) is 4.98. The summed E-state index contributed by atoms with van der Waals surface area (Å²) in [7, 11) is -3.61. The van der Waals surface area contributed by atoms with Crippen LogP contribution in [0.1, 0.15) is 44.1 Å². The number of sulfonamides is 1. The summed E-state index contributed by atoms with van der Waals surface area (Å²) >= 11 is 6.13. The van der Waals surface area contributed by atoms with E-state index in [1.54, 1.807) is 25.1 Å². The Morgan fingerprint density at radius 3 is 2.59 bits per heavy atom. The van der Waals surface area contributed by atoms with Crippen LogP contribution in [0.25, 0.3) is 0 Å². The Hall–Kier alpha value is -1.15. The number of hydrogen-bond acceptors (Lipinski definition) is 4. The van der Waals surface area contributed by atoms with Gasteiger partial charge in [-0.2, -0.15) is 4.31 Å². The molecule has 0 spiro atoms.